The largest absolute Gasteiger partial charge is 0.353 e. The molecule has 0 radical (unpaired) electrons. The van der Waals surface area contributed by atoms with Crippen molar-refractivity contribution in [2.75, 3.05) is 0 Å². The molecule has 0 atom stereocenters. The molecule has 5 heteroatoms. The van der Waals surface area contributed by atoms with Crippen molar-refractivity contribution in [3.05, 3.63) is 96.9 Å². The highest BCUT2D eigenvalue weighted by atomic mass is 19.1. The fraction of sp³-hybridized carbons (Fsp3) is 0. The molecule has 6 aromatic rings. The van der Waals surface area contributed by atoms with E-state index in [4.69, 9.17) is 0 Å². The summed E-state index contributed by atoms with van der Waals surface area (Å²) < 4.78 is 13.4. The molecule has 4 nitrogen and oxygen atoms in total. The lowest BCUT2D eigenvalue weighted by atomic mass is 10.0. The molecule has 31 heavy (non-hydrogen) atoms. The predicted molar refractivity (Wildman–Crippen MR) is 122 cm³/mol. The first-order chi connectivity index (χ1) is 15.3. The Morgan fingerprint density at radius 1 is 0.710 bits per heavy atom. The third-order valence-electron chi connectivity index (χ3n) is 5.60. The van der Waals surface area contributed by atoms with E-state index >= 15 is 0 Å². The molecule has 0 fully saturated rings. The van der Waals surface area contributed by atoms with Crippen molar-refractivity contribution >= 4 is 21.8 Å². The first-order valence-electron chi connectivity index (χ1n) is 10.0. The van der Waals surface area contributed by atoms with Crippen LogP contribution in [0.15, 0.2) is 91.1 Å². The van der Waals surface area contributed by atoms with Crippen molar-refractivity contribution in [1.29, 1.82) is 0 Å². The first-order valence-corrected chi connectivity index (χ1v) is 10.0. The van der Waals surface area contributed by atoms with Gasteiger partial charge in [-0.15, -0.1) is 0 Å². The molecule has 3 heterocycles. The van der Waals surface area contributed by atoms with E-state index in [-0.39, 0.29) is 5.82 Å². The Hall–Kier alpha value is -4.25. The lowest BCUT2D eigenvalue weighted by Gasteiger charge is -2.03. The zero-order chi connectivity index (χ0) is 20.8. The minimum atomic E-state index is -0.239. The van der Waals surface area contributed by atoms with Crippen LogP contribution in [0.1, 0.15) is 0 Å². The van der Waals surface area contributed by atoms with E-state index in [1.54, 1.807) is 18.3 Å². The van der Waals surface area contributed by atoms with Crippen molar-refractivity contribution in [3.8, 4) is 33.8 Å². The molecule has 0 aliphatic carbocycles. The maximum atomic E-state index is 13.4. The van der Waals surface area contributed by atoms with Crippen LogP contribution in [0.25, 0.3) is 55.6 Å². The summed E-state index contributed by atoms with van der Waals surface area (Å²) in [6, 6.07) is 26.9. The summed E-state index contributed by atoms with van der Waals surface area (Å²) >= 11 is 0. The van der Waals surface area contributed by atoms with E-state index in [0.29, 0.717) is 0 Å². The first kappa shape index (κ1) is 17.6. The molecule has 6 rings (SSSR count). The molecule has 0 bridgehead atoms. The van der Waals surface area contributed by atoms with Crippen LogP contribution in [0.2, 0.25) is 0 Å². The fourth-order valence-electron chi connectivity index (χ4n) is 4.08. The number of fused-ring (bicyclic) bond motifs is 2. The number of hydrogen-bond acceptors (Lipinski definition) is 2. The van der Waals surface area contributed by atoms with E-state index in [9.17, 15) is 4.39 Å². The highest BCUT2D eigenvalue weighted by Crippen LogP contribution is 2.35. The molecule has 0 spiro atoms. The second kappa shape index (κ2) is 6.92. The fourth-order valence-corrected chi connectivity index (χ4v) is 4.08. The van der Waals surface area contributed by atoms with Crippen molar-refractivity contribution in [2.45, 2.75) is 0 Å². The van der Waals surface area contributed by atoms with Crippen LogP contribution in [0.4, 0.5) is 4.39 Å². The molecular formula is C26H17FN4. The number of nitrogens with zero attached hydrogens (tertiary/aromatic N) is 2. The van der Waals surface area contributed by atoms with Crippen LogP contribution in [-0.2, 0) is 0 Å². The minimum absolute atomic E-state index is 0.239. The van der Waals surface area contributed by atoms with Crippen molar-refractivity contribution in [2.24, 2.45) is 0 Å². The Labute approximate surface area is 177 Å². The molecule has 0 saturated heterocycles. The van der Waals surface area contributed by atoms with E-state index in [1.165, 1.54) is 12.1 Å². The van der Waals surface area contributed by atoms with E-state index < -0.39 is 0 Å². The normalized spacial score (nSPS) is 11.4. The molecule has 0 saturated carbocycles. The maximum absolute atomic E-state index is 13.4. The standard InChI is InChI=1S/C26H17FN4/c27-18-10-7-16(8-11-18)19-4-3-6-23-20(19)15-25(29-23)26-21-14-17(9-12-24(21)30-31-26)22-5-1-2-13-28-22/h1-15,29H,(H,30,31). The van der Waals surface area contributed by atoms with Gasteiger partial charge in [0, 0.05) is 28.0 Å². The molecular weight excluding hydrogens is 387 g/mol. The van der Waals surface area contributed by atoms with E-state index in [0.717, 1.165) is 55.6 Å². The lowest BCUT2D eigenvalue weighted by Crippen LogP contribution is -1.82. The third kappa shape index (κ3) is 2.99. The average Bonchev–Trinajstić information content (AvgIpc) is 3.43. The second-order valence-electron chi connectivity index (χ2n) is 7.50. The zero-order valence-electron chi connectivity index (χ0n) is 16.4. The van der Waals surface area contributed by atoms with Gasteiger partial charge >= 0.3 is 0 Å². The van der Waals surface area contributed by atoms with Gasteiger partial charge in [-0.2, -0.15) is 5.10 Å². The number of hydrogen-bond donors (Lipinski definition) is 2. The quantitative estimate of drug-likeness (QED) is 0.350. The predicted octanol–water partition coefficient (Wildman–Crippen LogP) is 6.58. The minimum Gasteiger partial charge on any atom is -0.353 e. The van der Waals surface area contributed by atoms with Gasteiger partial charge in [-0.1, -0.05) is 36.4 Å². The third-order valence-corrected chi connectivity index (χ3v) is 5.60. The van der Waals surface area contributed by atoms with Gasteiger partial charge in [0.1, 0.15) is 11.5 Å². The number of nitrogens with one attached hydrogen (secondary N) is 2. The molecule has 148 valence electrons. The van der Waals surface area contributed by atoms with E-state index in [1.807, 2.05) is 42.5 Å². The van der Waals surface area contributed by atoms with Crippen molar-refractivity contribution in [1.82, 2.24) is 20.2 Å². The molecule has 3 aromatic carbocycles. The van der Waals surface area contributed by atoms with Crippen molar-refractivity contribution < 1.29 is 4.39 Å². The van der Waals surface area contributed by atoms with Gasteiger partial charge in [-0.3, -0.25) is 10.1 Å². The van der Waals surface area contributed by atoms with Gasteiger partial charge in [-0.05, 0) is 59.7 Å². The summed E-state index contributed by atoms with van der Waals surface area (Å²) in [6.45, 7) is 0. The molecule has 2 N–H and O–H groups in total. The summed E-state index contributed by atoms with van der Waals surface area (Å²) in [5.74, 6) is -0.239. The number of aromatic amines is 2. The monoisotopic (exact) mass is 404 g/mol. The van der Waals surface area contributed by atoms with E-state index in [2.05, 4.69) is 38.4 Å². The summed E-state index contributed by atoms with van der Waals surface area (Å²) in [4.78, 5) is 7.96. The lowest BCUT2D eigenvalue weighted by molar-refractivity contribution is 0.628. The van der Waals surface area contributed by atoms with Gasteiger partial charge in [-0.25, -0.2) is 4.39 Å². The highest BCUT2D eigenvalue weighted by Gasteiger charge is 2.14. The molecule has 3 aromatic heterocycles. The number of halogens is 1. The number of benzene rings is 3. The Kier molecular flexibility index (Phi) is 3.93. The van der Waals surface area contributed by atoms with Crippen molar-refractivity contribution in [3.63, 3.8) is 0 Å². The number of H-pyrrole nitrogens is 2. The van der Waals surface area contributed by atoms with Gasteiger partial charge in [0.05, 0.1) is 16.9 Å². The Bertz CT molecular complexity index is 1530. The van der Waals surface area contributed by atoms with Crippen LogP contribution < -0.4 is 0 Å². The Morgan fingerprint density at radius 3 is 2.42 bits per heavy atom. The highest BCUT2D eigenvalue weighted by molar-refractivity contribution is 6.01. The zero-order valence-corrected chi connectivity index (χ0v) is 16.4. The molecule has 0 aliphatic heterocycles. The Morgan fingerprint density at radius 2 is 1.58 bits per heavy atom. The number of pyridine rings is 1. The molecule has 0 aliphatic rings. The average molecular weight is 404 g/mol. The van der Waals surface area contributed by atoms with Crippen LogP contribution in [0.5, 0.6) is 0 Å². The van der Waals surface area contributed by atoms with Gasteiger partial charge in [0.25, 0.3) is 0 Å². The summed E-state index contributed by atoms with van der Waals surface area (Å²) in [7, 11) is 0. The SMILES string of the molecule is Fc1ccc(-c2cccc3[nH]c(-c4n[nH]c5ccc(-c6ccccn6)cc45)cc23)cc1. The number of aromatic nitrogens is 4. The van der Waals surface area contributed by atoms with Crippen LogP contribution in [-0.4, -0.2) is 20.2 Å². The van der Waals surface area contributed by atoms with Gasteiger partial charge in [0.15, 0.2) is 0 Å². The van der Waals surface area contributed by atoms with Gasteiger partial charge < -0.3 is 4.98 Å². The van der Waals surface area contributed by atoms with Crippen LogP contribution in [0, 0.1) is 5.82 Å². The van der Waals surface area contributed by atoms with Crippen LogP contribution >= 0.6 is 0 Å². The number of rotatable bonds is 3. The second-order valence-corrected chi connectivity index (χ2v) is 7.50. The van der Waals surface area contributed by atoms with Gasteiger partial charge in [0.2, 0.25) is 0 Å². The topological polar surface area (TPSA) is 57.4 Å². The molecule has 0 amide bonds. The summed E-state index contributed by atoms with van der Waals surface area (Å²) in [5.41, 5.74) is 7.74. The maximum Gasteiger partial charge on any atom is 0.123 e. The summed E-state index contributed by atoms with van der Waals surface area (Å²) in [6.07, 6.45) is 1.80. The smallest absolute Gasteiger partial charge is 0.123 e. The Balaban J connectivity index is 1.51. The molecule has 0 unspecified atom stereocenters. The summed E-state index contributed by atoms with van der Waals surface area (Å²) in [5, 5.41) is 9.81. The van der Waals surface area contributed by atoms with Crippen LogP contribution in [0.3, 0.4) is 0 Å².